The Labute approximate surface area is 123 Å². The molecule has 2 rings (SSSR count). The van der Waals surface area contributed by atoms with Gasteiger partial charge in [-0.1, -0.05) is 19.1 Å². The number of benzene rings is 1. The largest absolute Gasteiger partial charge is 0.355 e. The van der Waals surface area contributed by atoms with E-state index < -0.39 is 0 Å². The van der Waals surface area contributed by atoms with Crippen LogP contribution in [0.3, 0.4) is 0 Å². The molecule has 0 aliphatic carbocycles. The van der Waals surface area contributed by atoms with Crippen LogP contribution < -0.4 is 10.6 Å². The molecule has 0 aromatic heterocycles. The maximum atomic E-state index is 13.8. The lowest BCUT2D eigenvalue weighted by molar-refractivity contribution is -0.122. The summed E-state index contributed by atoms with van der Waals surface area (Å²) in [7, 11) is 0. The first-order chi connectivity index (χ1) is 9.63. The van der Waals surface area contributed by atoms with Crippen LogP contribution in [0.1, 0.15) is 38.3 Å². The fourth-order valence-electron chi connectivity index (χ4n) is 2.34. The number of carbonyl (C=O) groups is 1. The molecule has 0 saturated heterocycles. The van der Waals surface area contributed by atoms with E-state index in [2.05, 4.69) is 10.6 Å². The smallest absolute Gasteiger partial charge is 0.236 e. The van der Waals surface area contributed by atoms with Crippen LogP contribution in [0.5, 0.6) is 0 Å². The van der Waals surface area contributed by atoms with Gasteiger partial charge in [0.15, 0.2) is 0 Å². The Morgan fingerprint density at radius 1 is 1.55 bits per heavy atom. The molecule has 0 radical (unpaired) electrons. The molecule has 0 fully saturated rings. The SMILES string of the molecule is CCCNC(=O)C(C)NC1CCSc2c(F)cccc21. The normalized spacial score (nSPS) is 19.2. The number of hydrogen-bond acceptors (Lipinski definition) is 3. The number of nitrogens with one attached hydrogen (secondary N) is 2. The molecule has 3 nitrogen and oxygen atoms in total. The summed E-state index contributed by atoms with van der Waals surface area (Å²) in [6, 6.07) is 4.94. The van der Waals surface area contributed by atoms with Crippen LogP contribution in [0, 0.1) is 5.82 Å². The van der Waals surface area contributed by atoms with Gasteiger partial charge in [-0.15, -0.1) is 11.8 Å². The second-order valence-corrected chi connectivity index (χ2v) is 6.13. The fourth-order valence-corrected chi connectivity index (χ4v) is 3.48. The van der Waals surface area contributed by atoms with Crippen molar-refractivity contribution in [3.63, 3.8) is 0 Å². The molecule has 1 aliphatic heterocycles. The molecule has 2 atom stereocenters. The van der Waals surface area contributed by atoms with E-state index in [0.717, 1.165) is 29.1 Å². The average molecular weight is 296 g/mol. The quantitative estimate of drug-likeness (QED) is 0.878. The molecule has 0 saturated carbocycles. The van der Waals surface area contributed by atoms with Crippen LogP contribution in [0.4, 0.5) is 4.39 Å². The molecular weight excluding hydrogens is 275 g/mol. The summed E-state index contributed by atoms with van der Waals surface area (Å²) in [5, 5.41) is 6.20. The van der Waals surface area contributed by atoms with E-state index in [-0.39, 0.29) is 23.8 Å². The molecular formula is C15H21FN2OS. The summed E-state index contributed by atoms with van der Waals surface area (Å²) in [5.74, 6) is 0.708. The van der Waals surface area contributed by atoms with Crippen molar-refractivity contribution in [3.8, 4) is 0 Å². The summed E-state index contributed by atoms with van der Waals surface area (Å²) < 4.78 is 13.8. The van der Waals surface area contributed by atoms with E-state index in [0.29, 0.717) is 6.54 Å². The van der Waals surface area contributed by atoms with Gasteiger partial charge in [0.05, 0.1) is 6.04 Å². The minimum atomic E-state index is -0.272. The Morgan fingerprint density at radius 3 is 3.10 bits per heavy atom. The Hall–Kier alpha value is -1.07. The molecule has 5 heteroatoms. The van der Waals surface area contributed by atoms with Gasteiger partial charge in [0.1, 0.15) is 5.82 Å². The lowest BCUT2D eigenvalue weighted by Gasteiger charge is -2.28. The Morgan fingerprint density at radius 2 is 2.35 bits per heavy atom. The van der Waals surface area contributed by atoms with Gasteiger partial charge in [-0.3, -0.25) is 10.1 Å². The fraction of sp³-hybridized carbons (Fsp3) is 0.533. The van der Waals surface area contributed by atoms with Crippen LogP contribution in [0.15, 0.2) is 23.1 Å². The molecule has 1 amide bonds. The lowest BCUT2D eigenvalue weighted by Crippen LogP contribution is -2.44. The molecule has 2 unspecified atom stereocenters. The van der Waals surface area contributed by atoms with E-state index >= 15 is 0 Å². The number of amides is 1. The highest BCUT2D eigenvalue weighted by molar-refractivity contribution is 7.99. The highest BCUT2D eigenvalue weighted by atomic mass is 32.2. The summed E-state index contributed by atoms with van der Waals surface area (Å²) in [5.41, 5.74) is 0.969. The first kappa shape index (κ1) is 15.3. The number of carbonyl (C=O) groups excluding carboxylic acids is 1. The Balaban J connectivity index is 2.05. The Bertz CT molecular complexity index is 481. The first-order valence-corrected chi connectivity index (χ1v) is 8.07. The zero-order valence-corrected chi connectivity index (χ0v) is 12.7. The minimum Gasteiger partial charge on any atom is -0.355 e. The zero-order chi connectivity index (χ0) is 14.5. The second kappa shape index (κ2) is 7.09. The van der Waals surface area contributed by atoms with Crippen molar-refractivity contribution in [2.75, 3.05) is 12.3 Å². The maximum Gasteiger partial charge on any atom is 0.236 e. The van der Waals surface area contributed by atoms with E-state index in [1.54, 1.807) is 17.8 Å². The van der Waals surface area contributed by atoms with Gasteiger partial charge >= 0.3 is 0 Å². The number of fused-ring (bicyclic) bond motifs is 1. The maximum absolute atomic E-state index is 13.8. The molecule has 2 N–H and O–H groups in total. The van der Waals surface area contributed by atoms with Crippen molar-refractivity contribution >= 4 is 17.7 Å². The average Bonchev–Trinajstić information content (AvgIpc) is 2.45. The van der Waals surface area contributed by atoms with Gasteiger partial charge in [0.2, 0.25) is 5.91 Å². The van der Waals surface area contributed by atoms with Crippen molar-refractivity contribution in [1.82, 2.24) is 10.6 Å². The Kier molecular flexibility index (Phi) is 5.43. The van der Waals surface area contributed by atoms with Crippen molar-refractivity contribution < 1.29 is 9.18 Å². The van der Waals surface area contributed by atoms with Crippen LogP contribution in [-0.4, -0.2) is 24.2 Å². The van der Waals surface area contributed by atoms with E-state index in [1.165, 1.54) is 6.07 Å². The van der Waals surface area contributed by atoms with E-state index in [1.807, 2.05) is 19.9 Å². The highest BCUT2D eigenvalue weighted by Crippen LogP contribution is 2.37. The number of thioether (sulfide) groups is 1. The number of halogens is 1. The molecule has 0 spiro atoms. The molecule has 1 aliphatic rings. The standard InChI is InChI=1S/C15H21FN2OS/c1-3-8-17-15(19)10(2)18-13-7-9-20-14-11(13)5-4-6-12(14)16/h4-6,10,13,18H,3,7-9H2,1-2H3,(H,17,19). The van der Waals surface area contributed by atoms with Crippen molar-refractivity contribution in [1.29, 1.82) is 0 Å². The van der Waals surface area contributed by atoms with Crippen LogP contribution in [-0.2, 0) is 4.79 Å². The predicted molar refractivity (Wildman–Crippen MR) is 80.4 cm³/mol. The molecule has 0 bridgehead atoms. The summed E-state index contributed by atoms with van der Waals surface area (Å²) in [4.78, 5) is 12.6. The summed E-state index contributed by atoms with van der Waals surface area (Å²) in [6.45, 7) is 4.57. The summed E-state index contributed by atoms with van der Waals surface area (Å²) >= 11 is 1.55. The monoisotopic (exact) mass is 296 g/mol. The number of hydrogen-bond donors (Lipinski definition) is 2. The van der Waals surface area contributed by atoms with Gasteiger partial charge in [0, 0.05) is 17.5 Å². The topological polar surface area (TPSA) is 41.1 Å². The minimum absolute atomic E-state index is 0.00281. The van der Waals surface area contributed by atoms with Crippen molar-refractivity contribution in [2.24, 2.45) is 0 Å². The van der Waals surface area contributed by atoms with Crippen molar-refractivity contribution in [2.45, 2.75) is 43.7 Å². The van der Waals surface area contributed by atoms with Gasteiger partial charge < -0.3 is 5.32 Å². The van der Waals surface area contributed by atoms with E-state index in [9.17, 15) is 9.18 Å². The lowest BCUT2D eigenvalue weighted by atomic mass is 10.0. The third kappa shape index (κ3) is 3.52. The molecule has 1 aromatic carbocycles. The third-order valence-corrected chi connectivity index (χ3v) is 4.58. The number of rotatable bonds is 5. The molecule has 20 heavy (non-hydrogen) atoms. The van der Waals surface area contributed by atoms with Crippen LogP contribution in [0.2, 0.25) is 0 Å². The van der Waals surface area contributed by atoms with Crippen molar-refractivity contribution in [3.05, 3.63) is 29.6 Å². The van der Waals surface area contributed by atoms with Gasteiger partial charge in [0.25, 0.3) is 0 Å². The van der Waals surface area contributed by atoms with Gasteiger partial charge in [-0.2, -0.15) is 0 Å². The van der Waals surface area contributed by atoms with Gasteiger partial charge in [-0.25, -0.2) is 4.39 Å². The second-order valence-electron chi connectivity index (χ2n) is 5.03. The zero-order valence-electron chi connectivity index (χ0n) is 11.9. The van der Waals surface area contributed by atoms with E-state index in [4.69, 9.17) is 0 Å². The molecule has 110 valence electrons. The predicted octanol–water partition coefficient (Wildman–Crippen LogP) is 2.87. The first-order valence-electron chi connectivity index (χ1n) is 7.08. The van der Waals surface area contributed by atoms with Crippen LogP contribution >= 0.6 is 11.8 Å². The van der Waals surface area contributed by atoms with Crippen LogP contribution in [0.25, 0.3) is 0 Å². The highest BCUT2D eigenvalue weighted by Gasteiger charge is 2.25. The molecule has 1 heterocycles. The summed E-state index contributed by atoms with van der Waals surface area (Å²) in [6.07, 6.45) is 1.83. The third-order valence-electron chi connectivity index (χ3n) is 3.42. The molecule has 1 aromatic rings. The van der Waals surface area contributed by atoms with Gasteiger partial charge in [-0.05, 0) is 37.1 Å².